The number of amidine groups is 1. The second-order valence-corrected chi connectivity index (χ2v) is 8.45. The fourth-order valence-corrected chi connectivity index (χ4v) is 4.97. The number of carbonyl (C=O) groups is 1. The van der Waals surface area contributed by atoms with E-state index in [9.17, 15) is 4.79 Å². The fourth-order valence-electron chi connectivity index (χ4n) is 3.71. The lowest BCUT2D eigenvalue weighted by Crippen LogP contribution is -2.39. The molecule has 0 bridgehead atoms. The molecular weight excluding hydrogens is 404 g/mol. The Morgan fingerprint density at radius 3 is 2.45 bits per heavy atom. The van der Waals surface area contributed by atoms with Crippen LogP contribution in [-0.4, -0.2) is 34.9 Å². The van der Waals surface area contributed by atoms with E-state index in [2.05, 4.69) is 19.1 Å². The Morgan fingerprint density at radius 1 is 1.03 bits per heavy atom. The van der Waals surface area contributed by atoms with Crippen LogP contribution in [0.1, 0.15) is 34.8 Å². The molecule has 1 atom stereocenters. The van der Waals surface area contributed by atoms with Gasteiger partial charge in [0.15, 0.2) is 5.17 Å². The van der Waals surface area contributed by atoms with Crippen molar-refractivity contribution in [3.63, 3.8) is 0 Å². The summed E-state index contributed by atoms with van der Waals surface area (Å²) in [5.41, 5.74) is 3.79. The van der Waals surface area contributed by atoms with Gasteiger partial charge in [-0.2, -0.15) is 0 Å². The van der Waals surface area contributed by atoms with Crippen molar-refractivity contribution in [2.24, 2.45) is 4.99 Å². The number of hydrogen-bond acceptors (Lipinski definition) is 4. The first-order valence-electron chi connectivity index (χ1n) is 10.5. The van der Waals surface area contributed by atoms with Gasteiger partial charge in [0.05, 0.1) is 12.8 Å². The molecule has 1 heterocycles. The normalized spacial score (nSPS) is 17.2. The van der Waals surface area contributed by atoms with E-state index in [4.69, 9.17) is 9.73 Å². The summed E-state index contributed by atoms with van der Waals surface area (Å²) in [5, 5.41) is 0.761. The Morgan fingerprint density at radius 2 is 1.74 bits per heavy atom. The van der Waals surface area contributed by atoms with Crippen molar-refractivity contribution >= 4 is 28.5 Å². The van der Waals surface area contributed by atoms with E-state index in [0.717, 1.165) is 46.3 Å². The topological polar surface area (TPSA) is 41.9 Å². The number of thioether (sulfide) groups is 1. The molecule has 3 aromatic rings. The highest BCUT2D eigenvalue weighted by atomic mass is 32.2. The van der Waals surface area contributed by atoms with Gasteiger partial charge in [0, 0.05) is 17.4 Å². The summed E-state index contributed by atoms with van der Waals surface area (Å²) in [6.07, 6.45) is 1.62. The number of methoxy groups -OCH3 is 1. The van der Waals surface area contributed by atoms with E-state index >= 15 is 0 Å². The largest absolute Gasteiger partial charge is 0.497 e. The number of nitrogens with zero attached hydrogens (tertiary/aromatic N) is 2. The van der Waals surface area contributed by atoms with E-state index in [0.29, 0.717) is 0 Å². The van der Waals surface area contributed by atoms with Crippen LogP contribution in [0.15, 0.2) is 83.9 Å². The highest BCUT2D eigenvalue weighted by molar-refractivity contribution is 8.14. The first kappa shape index (κ1) is 21.2. The molecule has 31 heavy (non-hydrogen) atoms. The molecule has 4 rings (SSSR count). The van der Waals surface area contributed by atoms with Gasteiger partial charge < -0.3 is 4.74 Å². The van der Waals surface area contributed by atoms with Crippen LogP contribution in [-0.2, 0) is 6.42 Å². The van der Waals surface area contributed by atoms with Crippen molar-refractivity contribution in [2.45, 2.75) is 25.8 Å². The molecule has 0 N–H and O–H groups in total. The minimum absolute atomic E-state index is 0.0237. The summed E-state index contributed by atoms with van der Waals surface area (Å²) in [5.74, 6) is 1.67. The second-order valence-electron chi connectivity index (χ2n) is 7.46. The van der Waals surface area contributed by atoms with Crippen molar-refractivity contribution in [1.29, 1.82) is 0 Å². The molecule has 1 saturated heterocycles. The number of amides is 1. The van der Waals surface area contributed by atoms with Gasteiger partial charge in [-0.15, -0.1) is 0 Å². The number of carbonyl (C=O) groups excluding carboxylic acids is 1. The number of benzene rings is 3. The molecule has 0 radical (unpaired) electrons. The molecule has 4 nitrogen and oxygen atoms in total. The van der Waals surface area contributed by atoms with E-state index < -0.39 is 0 Å². The maximum absolute atomic E-state index is 13.7. The maximum atomic E-state index is 13.7. The highest BCUT2D eigenvalue weighted by Crippen LogP contribution is 2.31. The summed E-state index contributed by atoms with van der Waals surface area (Å²) in [4.78, 5) is 20.4. The molecule has 1 amide bonds. The first-order valence-corrected chi connectivity index (χ1v) is 11.5. The molecule has 5 heteroatoms. The molecule has 0 aromatic heterocycles. The third-order valence-electron chi connectivity index (χ3n) is 5.45. The van der Waals surface area contributed by atoms with Gasteiger partial charge in [-0.25, -0.2) is 4.99 Å². The summed E-state index contributed by atoms with van der Waals surface area (Å²) in [6.45, 7) is 2.12. The van der Waals surface area contributed by atoms with Gasteiger partial charge in [0.25, 0.3) is 5.91 Å². The Bertz CT molecular complexity index is 1060. The van der Waals surface area contributed by atoms with Crippen LogP contribution in [0.25, 0.3) is 0 Å². The van der Waals surface area contributed by atoms with Gasteiger partial charge in [-0.05, 0) is 54.3 Å². The van der Waals surface area contributed by atoms with Gasteiger partial charge in [-0.1, -0.05) is 67.2 Å². The fraction of sp³-hybridized carbons (Fsp3) is 0.231. The highest BCUT2D eigenvalue weighted by Gasteiger charge is 2.35. The number of aliphatic imine (C=N–C) groups is 1. The summed E-state index contributed by atoms with van der Waals surface area (Å²) in [6, 6.07) is 25.9. The van der Waals surface area contributed by atoms with Crippen molar-refractivity contribution in [2.75, 3.05) is 12.9 Å². The predicted molar refractivity (Wildman–Crippen MR) is 128 cm³/mol. The smallest absolute Gasteiger partial charge is 0.260 e. The minimum atomic E-state index is 0.0237. The Labute approximate surface area is 188 Å². The average Bonchev–Trinajstić information content (AvgIpc) is 3.22. The monoisotopic (exact) mass is 430 g/mol. The lowest BCUT2D eigenvalue weighted by atomic mass is 9.98. The van der Waals surface area contributed by atoms with Crippen LogP contribution in [0.3, 0.4) is 0 Å². The minimum Gasteiger partial charge on any atom is -0.497 e. The van der Waals surface area contributed by atoms with Crippen LogP contribution in [0.4, 0.5) is 5.69 Å². The molecule has 158 valence electrons. The Hall–Kier alpha value is -3.05. The quantitative estimate of drug-likeness (QED) is 0.486. The SMILES string of the molecule is CCC1CSC(=Nc2ccc(OC)cc2)N1C(=O)c1ccccc1Cc1ccccc1. The number of hydrogen-bond donors (Lipinski definition) is 0. The van der Waals surface area contributed by atoms with Gasteiger partial charge >= 0.3 is 0 Å². The Balaban J connectivity index is 1.65. The van der Waals surface area contributed by atoms with Crippen molar-refractivity contribution in [3.05, 3.63) is 95.6 Å². The van der Waals surface area contributed by atoms with Crippen molar-refractivity contribution < 1.29 is 9.53 Å². The molecule has 1 aliphatic heterocycles. The molecular formula is C26H26N2O2S. The third-order valence-corrected chi connectivity index (χ3v) is 6.55. The van der Waals surface area contributed by atoms with Crippen molar-refractivity contribution in [3.8, 4) is 5.75 Å². The molecule has 0 spiro atoms. The van der Waals surface area contributed by atoms with E-state index in [1.54, 1.807) is 18.9 Å². The van der Waals surface area contributed by atoms with Crippen LogP contribution in [0.2, 0.25) is 0 Å². The lowest BCUT2D eigenvalue weighted by molar-refractivity contribution is 0.0818. The van der Waals surface area contributed by atoms with Gasteiger partial charge in [0.2, 0.25) is 0 Å². The van der Waals surface area contributed by atoms with Crippen LogP contribution >= 0.6 is 11.8 Å². The predicted octanol–water partition coefficient (Wildman–Crippen LogP) is 5.94. The van der Waals surface area contributed by atoms with Crippen molar-refractivity contribution in [1.82, 2.24) is 4.90 Å². The van der Waals surface area contributed by atoms with Gasteiger partial charge in [0.1, 0.15) is 5.75 Å². The van der Waals surface area contributed by atoms with Crippen LogP contribution in [0, 0.1) is 0 Å². The summed E-state index contributed by atoms with van der Waals surface area (Å²) >= 11 is 1.64. The molecule has 0 aliphatic carbocycles. The third kappa shape index (κ3) is 4.83. The van der Waals surface area contributed by atoms with Gasteiger partial charge in [-0.3, -0.25) is 9.69 Å². The number of rotatable bonds is 6. The molecule has 3 aromatic carbocycles. The van der Waals surface area contributed by atoms with Crippen LogP contribution < -0.4 is 4.74 Å². The van der Waals surface area contributed by atoms with E-state index in [1.807, 2.05) is 71.6 Å². The standard InChI is InChI=1S/C26H26N2O2S/c1-3-22-18-31-26(27-21-13-15-23(30-2)16-14-21)28(22)25(29)24-12-8-7-11-20(24)17-19-9-5-4-6-10-19/h4-16,22H,3,17-18H2,1-2H3. The zero-order chi connectivity index (χ0) is 21.6. The summed E-state index contributed by atoms with van der Waals surface area (Å²) < 4.78 is 5.23. The lowest BCUT2D eigenvalue weighted by Gasteiger charge is -2.24. The van der Waals surface area contributed by atoms with E-state index in [-0.39, 0.29) is 11.9 Å². The Kier molecular flexibility index (Phi) is 6.73. The number of ether oxygens (including phenoxy) is 1. The molecule has 0 saturated carbocycles. The second kappa shape index (κ2) is 9.84. The average molecular weight is 431 g/mol. The van der Waals surface area contributed by atoms with Crippen LogP contribution in [0.5, 0.6) is 5.75 Å². The zero-order valence-corrected chi connectivity index (χ0v) is 18.6. The maximum Gasteiger partial charge on any atom is 0.260 e. The molecule has 1 aliphatic rings. The summed E-state index contributed by atoms with van der Waals surface area (Å²) in [7, 11) is 1.65. The zero-order valence-electron chi connectivity index (χ0n) is 17.8. The first-order chi connectivity index (χ1) is 15.2. The molecule has 1 fully saturated rings. The molecule has 1 unspecified atom stereocenters. The van der Waals surface area contributed by atoms with E-state index in [1.165, 1.54) is 5.56 Å².